The molecule has 0 fully saturated rings. The van der Waals surface area contributed by atoms with Gasteiger partial charge in [0.2, 0.25) is 15.9 Å². The van der Waals surface area contributed by atoms with Crippen molar-refractivity contribution in [3.05, 3.63) is 64.9 Å². The van der Waals surface area contributed by atoms with Gasteiger partial charge >= 0.3 is 0 Å². The fourth-order valence-electron chi connectivity index (χ4n) is 3.00. The smallest absolute Gasteiger partial charge is 0.240 e. The summed E-state index contributed by atoms with van der Waals surface area (Å²) in [6, 6.07) is 16.5. The van der Waals surface area contributed by atoms with Gasteiger partial charge < -0.3 is 5.32 Å². The van der Waals surface area contributed by atoms with Crippen molar-refractivity contribution < 1.29 is 13.2 Å². The number of fused-ring (bicyclic) bond motifs is 1. The molecule has 3 aromatic rings. The number of carbonyl (C=O) groups excluding carboxylic acids is 1. The Morgan fingerprint density at radius 3 is 2.46 bits per heavy atom. The van der Waals surface area contributed by atoms with Crippen molar-refractivity contribution >= 4 is 38.0 Å². The third-order valence-corrected chi connectivity index (χ3v) is 6.92. The van der Waals surface area contributed by atoms with Gasteiger partial charge in [0.05, 0.1) is 10.9 Å². The average molecular weight is 417 g/mol. The summed E-state index contributed by atoms with van der Waals surface area (Å²) in [5, 5.41) is 6.83. The van der Waals surface area contributed by atoms with Crippen LogP contribution < -0.4 is 10.0 Å². The van der Waals surface area contributed by atoms with Gasteiger partial charge in [-0.2, -0.15) is 0 Å². The van der Waals surface area contributed by atoms with Crippen molar-refractivity contribution in [2.75, 3.05) is 6.54 Å². The van der Waals surface area contributed by atoms with Crippen LogP contribution in [0.25, 0.3) is 10.8 Å². The summed E-state index contributed by atoms with van der Waals surface area (Å²) in [4.78, 5) is 13.6. The van der Waals surface area contributed by atoms with E-state index >= 15 is 0 Å². The molecule has 0 aliphatic rings. The molecule has 1 heterocycles. The Morgan fingerprint density at radius 2 is 1.79 bits per heavy atom. The Morgan fingerprint density at radius 1 is 1.04 bits per heavy atom. The predicted molar refractivity (Wildman–Crippen MR) is 114 cm³/mol. The van der Waals surface area contributed by atoms with Gasteiger partial charge in [0.1, 0.15) is 0 Å². The van der Waals surface area contributed by atoms with Gasteiger partial charge in [0.25, 0.3) is 0 Å². The fraction of sp³-hybridized carbons (Fsp3) is 0.286. The Hall–Kier alpha value is -2.22. The van der Waals surface area contributed by atoms with E-state index in [1.165, 1.54) is 0 Å². The minimum absolute atomic E-state index is 0.0518. The van der Waals surface area contributed by atoms with Gasteiger partial charge in [-0.15, -0.1) is 11.3 Å². The van der Waals surface area contributed by atoms with E-state index in [0.29, 0.717) is 0 Å². The molecule has 0 aliphatic heterocycles. The molecule has 7 heteroatoms. The summed E-state index contributed by atoms with van der Waals surface area (Å²) < 4.78 is 27.6. The summed E-state index contributed by atoms with van der Waals surface area (Å²) in [6.45, 7) is 4.15. The second kappa shape index (κ2) is 8.86. The molecule has 0 saturated heterocycles. The molecule has 1 atom stereocenters. The van der Waals surface area contributed by atoms with Crippen LogP contribution in [0.4, 0.5) is 0 Å². The SMILES string of the molecule is CC(C)C(NC(=O)CCNS(=O)(=O)c1ccc2ccccc2c1)c1cccs1. The highest BCUT2D eigenvalue weighted by atomic mass is 32.2. The first-order chi connectivity index (χ1) is 13.4. The monoisotopic (exact) mass is 416 g/mol. The van der Waals surface area contributed by atoms with Crippen LogP contribution >= 0.6 is 11.3 Å². The Bertz CT molecular complexity index is 1040. The van der Waals surface area contributed by atoms with Crippen LogP contribution in [0.3, 0.4) is 0 Å². The van der Waals surface area contributed by atoms with Gasteiger partial charge in [-0.3, -0.25) is 4.79 Å². The van der Waals surface area contributed by atoms with Crippen molar-refractivity contribution in [2.24, 2.45) is 5.92 Å². The molecule has 1 amide bonds. The molecule has 2 N–H and O–H groups in total. The van der Waals surface area contributed by atoms with Crippen molar-refractivity contribution in [1.29, 1.82) is 0 Å². The van der Waals surface area contributed by atoms with E-state index in [9.17, 15) is 13.2 Å². The molecule has 1 unspecified atom stereocenters. The molecule has 2 aromatic carbocycles. The highest BCUT2D eigenvalue weighted by Gasteiger charge is 2.20. The number of rotatable bonds is 8. The molecule has 148 valence electrons. The van der Waals surface area contributed by atoms with Crippen molar-refractivity contribution in [3.63, 3.8) is 0 Å². The summed E-state index contributed by atoms with van der Waals surface area (Å²) in [5.74, 6) is 0.0743. The van der Waals surface area contributed by atoms with Gasteiger partial charge in [0, 0.05) is 17.8 Å². The van der Waals surface area contributed by atoms with Crippen molar-refractivity contribution in [1.82, 2.24) is 10.0 Å². The molecule has 28 heavy (non-hydrogen) atoms. The highest BCUT2D eigenvalue weighted by molar-refractivity contribution is 7.89. The second-order valence-electron chi connectivity index (χ2n) is 6.96. The standard InChI is InChI=1S/C21H24N2O3S2/c1-15(2)21(19-8-5-13-27-19)23-20(24)11-12-22-28(25,26)18-10-9-16-6-3-4-7-17(16)14-18/h3-10,13-15,21-22H,11-12H2,1-2H3,(H,23,24). The lowest BCUT2D eigenvalue weighted by Crippen LogP contribution is -2.34. The fourth-order valence-corrected chi connectivity index (χ4v) is 5.01. The van der Waals surface area contributed by atoms with E-state index in [1.807, 2.05) is 55.6 Å². The predicted octanol–water partition coefficient (Wildman–Crippen LogP) is 4.08. The molecule has 5 nitrogen and oxygen atoms in total. The maximum Gasteiger partial charge on any atom is 0.240 e. The first-order valence-corrected chi connectivity index (χ1v) is 11.5. The molecule has 0 saturated carbocycles. The third-order valence-electron chi connectivity index (χ3n) is 4.51. The topological polar surface area (TPSA) is 75.3 Å². The van der Waals surface area contributed by atoms with Gasteiger partial charge in [0.15, 0.2) is 0 Å². The lowest BCUT2D eigenvalue weighted by molar-refractivity contribution is -0.122. The lowest BCUT2D eigenvalue weighted by atomic mass is 10.0. The number of carbonyl (C=O) groups is 1. The quantitative estimate of drug-likeness (QED) is 0.581. The Kier molecular flexibility index (Phi) is 6.49. The van der Waals surface area contributed by atoms with Crippen molar-refractivity contribution in [3.8, 4) is 0 Å². The summed E-state index contributed by atoms with van der Waals surface area (Å²) in [7, 11) is -3.66. The zero-order valence-electron chi connectivity index (χ0n) is 15.9. The van der Waals surface area contributed by atoms with E-state index in [2.05, 4.69) is 10.0 Å². The minimum Gasteiger partial charge on any atom is -0.348 e. The highest BCUT2D eigenvalue weighted by Crippen LogP contribution is 2.25. The number of sulfonamides is 1. The molecule has 0 bridgehead atoms. The zero-order chi connectivity index (χ0) is 20.1. The van der Waals surface area contributed by atoms with Crippen LogP contribution in [-0.4, -0.2) is 20.9 Å². The van der Waals surface area contributed by atoms with E-state index in [4.69, 9.17) is 0 Å². The molecule has 0 spiro atoms. The number of nitrogens with one attached hydrogen (secondary N) is 2. The molecule has 1 aromatic heterocycles. The normalized spacial score (nSPS) is 13.0. The van der Waals surface area contributed by atoms with E-state index in [0.717, 1.165) is 15.6 Å². The zero-order valence-corrected chi connectivity index (χ0v) is 17.5. The number of thiophene rings is 1. The maximum atomic E-state index is 12.5. The number of benzene rings is 2. The van der Waals surface area contributed by atoms with Crippen LogP contribution in [0.1, 0.15) is 31.2 Å². The Balaban J connectivity index is 1.59. The minimum atomic E-state index is -3.66. The van der Waals surface area contributed by atoms with E-state index in [-0.39, 0.29) is 35.7 Å². The Labute approximate surface area is 169 Å². The number of hydrogen-bond donors (Lipinski definition) is 2. The molecule has 3 rings (SSSR count). The van der Waals surface area contributed by atoms with E-state index < -0.39 is 10.0 Å². The van der Waals surface area contributed by atoms with Crippen LogP contribution in [0.5, 0.6) is 0 Å². The molecule has 0 radical (unpaired) electrons. The van der Waals surface area contributed by atoms with Crippen LogP contribution in [0.2, 0.25) is 0 Å². The average Bonchev–Trinajstić information content (AvgIpc) is 3.19. The number of hydrogen-bond acceptors (Lipinski definition) is 4. The van der Waals surface area contributed by atoms with Crippen LogP contribution in [-0.2, 0) is 14.8 Å². The largest absolute Gasteiger partial charge is 0.348 e. The van der Waals surface area contributed by atoms with E-state index in [1.54, 1.807) is 29.5 Å². The van der Waals surface area contributed by atoms with Gasteiger partial charge in [-0.05, 0) is 40.3 Å². The summed E-state index contributed by atoms with van der Waals surface area (Å²) >= 11 is 1.60. The van der Waals surface area contributed by atoms with Gasteiger partial charge in [-0.25, -0.2) is 13.1 Å². The first kappa shape index (κ1) is 20.5. The lowest BCUT2D eigenvalue weighted by Gasteiger charge is -2.21. The molecule has 0 aliphatic carbocycles. The first-order valence-electron chi connectivity index (χ1n) is 9.18. The second-order valence-corrected chi connectivity index (χ2v) is 9.71. The summed E-state index contributed by atoms with van der Waals surface area (Å²) in [6.07, 6.45) is 0.0847. The molecular weight excluding hydrogens is 392 g/mol. The molecular formula is C21H24N2O3S2. The van der Waals surface area contributed by atoms with Gasteiger partial charge in [-0.1, -0.05) is 50.2 Å². The third kappa shape index (κ3) is 4.98. The maximum absolute atomic E-state index is 12.5. The van der Waals surface area contributed by atoms with Crippen molar-refractivity contribution in [2.45, 2.75) is 31.2 Å². The van der Waals surface area contributed by atoms with Crippen LogP contribution in [0, 0.1) is 5.92 Å². The summed E-state index contributed by atoms with van der Waals surface area (Å²) in [5.41, 5.74) is 0. The number of amides is 1. The van der Waals surface area contributed by atoms with Crippen LogP contribution in [0.15, 0.2) is 64.9 Å².